The fraction of sp³-hybridized carbons (Fsp3) is 0.571. The number of unbranched alkanes of at least 4 members (excludes halogenated alkanes) is 1. The lowest BCUT2D eigenvalue weighted by atomic mass is 9.94. The van der Waals surface area contributed by atoms with Crippen LogP contribution >= 0.6 is 23.2 Å². The average Bonchev–Trinajstić information content (AvgIpc) is 3.11. The van der Waals surface area contributed by atoms with Gasteiger partial charge in [0.1, 0.15) is 0 Å². The summed E-state index contributed by atoms with van der Waals surface area (Å²) in [6, 6.07) is 5.89. The van der Waals surface area contributed by atoms with Gasteiger partial charge in [0.2, 0.25) is 0 Å². The van der Waals surface area contributed by atoms with Crippen LogP contribution in [0.2, 0.25) is 10.0 Å². The minimum atomic E-state index is 0.636. The molecule has 0 spiro atoms. The van der Waals surface area contributed by atoms with Crippen LogP contribution in [0.15, 0.2) is 18.2 Å². The maximum absolute atomic E-state index is 6.37. The lowest BCUT2D eigenvalue weighted by molar-refractivity contribution is 0.253. The number of nitrogens with zero attached hydrogens (tertiary/aromatic N) is 3. The minimum absolute atomic E-state index is 0.636. The summed E-state index contributed by atoms with van der Waals surface area (Å²) >= 11 is 12.5. The van der Waals surface area contributed by atoms with Crippen molar-refractivity contribution in [1.29, 1.82) is 0 Å². The Labute approximate surface area is 171 Å². The topological polar surface area (TPSA) is 35.2 Å². The zero-order valence-corrected chi connectivity index (χ0v) is 17.3. The Kier molecular flexibility index (Phi) is 6.26. The number of aromatic amines is 1. The molecule has 1 N–H and O–H groups in total. The highest BCUT2D eigenvalue weighted by molar-refractivity contribution is 6.43. The van der Waals surface area contributed by atoms with E-state index in [4.69, 9.17) is 23.2 Å². The highest BCUT2D eigenvalue weighted by atomic mass is 35.5. The first-order valence-electron chi connectivity index (χ1n) is 10.2. The first-order chi connectivity index (χ1) is 13.2. The number of hydrogen-bond acceptors (Lipinski definition) is 3. The van der Waals surface area contributed by atoms with Crippen LogP contribution in [-0.4, -0.2) is 47.8 Å². The molecule has 1 aliphatic heterocycles. The monoisotopic (exact) mass is 406 g/mol. The largest absolute Gasteiger partial charge is 0.368 e. The summed E-state index contributed by atoms with van der Waals surface area (Å²) < 4.78 is 0. The number of hydrogen-bond donors (Lipinski definition) is 1. The fourth-order valence-corrected chi connectivity index (χ4v) is 4.75. The second kappa shape index (κ2) is 8.85. The molecule has 0 unspecified atom stereocenters. The molecule has 1 aromatic carbocycles. The van der Waals surface area contributed by atoms with Gasteiger partial charge in [-0.15, -0.1) is 0 Å². The quantitative estimate of drug-likeness (QED) is 0.703. The summed E-state index contributed by atoms with van der Waals surface area (Å²) in [5.74, 6) is 0. The highest BCUT2D eigenvalue weighted by Crippen LogP contribution is 2.32. The molecule has 0 atom stereocenters. The van der Waals surface area contributed by atoms with E-state index in [2.05, 4.69) is 26.1 Å². The van der Waals surface area contributed by atoms with Crippen molar-refractivity contribution in [3.8, 4) is 0 Å². The maximum atomic E-state index is 6.37. The third-order valence-corrected chi connectivity index (χ3v) is 6.73. The molecular formula is C21H28Cl2N4. The molecule has 2 heterocycles. The van der Waals surface area contributed by atoms with Gasteiger partial charge in [-0.2, -0.15) is 5.10 Å². The molecule has 27 heavy (non-hydrogen) atoms. The molecule has 0 amide bonds. The molecule has 146 valence electrons. The van der Waals surface area contributed by atoms with Gasteiger partial charge in [0.05, 0.1) is 21.4 Å². The van der Waals surface area contributed by atoms with Gasteiger partial charge in [-0.3, -0.25) is 10.00 Å². The third kappa shape index (κ3) is 4.44. The van der Waals surface area contributed by atoms with E-state index in [0.717, 1.165) is 38.3 Å². The van der Waals surface area contributed by atoms with E-state index < -0.39 is 0 Å². The fourth-order valence-electron chi connectivity index (χ4n) is 4.33. The molecule has 6 heteroatoms. The van der Waals surface area contributed by atoms with Crippen molar-refractivity contribution < 1.29 is 0 Å². The number of piperazine rings is 1. The van der Waals surface area contributed by atoms with Crippen LogP contribution in [0.5, 0.6) is 0 Å². The molecule has 4 nitrogen and oxygen atoms in total. The van der Waals surface area contributed by atoms with Gasteiger partial charge in [-0.1, -0.05) is 29.3 Å². The molecular weight excluding hydrogens is 379 g/mol. The Hall–Kier alpha value is -1.23. The summed E-state index contributed by atoms with van der Waals surface area (Å²) in [6.45, 7) is 5.35. The van der Waals surface area contributed by atoms with Gasteiger partial charge in [0, 0.05) is 31.9 Å². The molecule has 0 saturated carbocycles. The Bertz CT molecular complexity index is 766. The van der Waals surface area contributed by atoms with E-state index in [1.165, 1.54) is 62.0 Å². The first-order valence-corrected chi connectivity index (χ1v) is 10.9. The highest BCUT2D eigenvalue weighted by Gasteiger charge is 2.20. The molecule has 1 aliphatic carbocycles. The van der Waals surface area contributed by atoms with E-state index in [-0.39, 0.29) is 0 Å². The number of rotatable bonds is 6. The van der Waals surface area contributed by atoms with E-state index in [1.807, 2.05) is 12.1 Å². The second-order valence-corrected chi connectivity index (χ2v) is 8.48. The van der Waals surface area contributed by atoms with Crippen LogP contribution in [-0.2, 0) is 19.3 Å². The SMILES string of the molecule is Clc1cccc(N2CCN(CCCCc3n[nH]c4c3CCCC4)CC2)c1Cl. The zero-order chi connectivity index (χ0) is 18.6. The van der Waals surface area contributed by atoms with Crippen LogP contribution in [0.3, 0.4) is 0 Å². The van der Waals surface area contributed by atoms with Crippen molar-refractivity contribution in [3.63, 3.8) is 0 Å². The van der Waals surface area contributed by atoms with Crippen LogP contribution in [0.4, 0.5) is 5.69 Å². The first kappa shape index (κ1) is 19.1. The summed E-state index contributed by atoms with van der Waals surface area (Å²) in [4.78, 5) is 4.91. The van der Waals surface area contributed by atoms with Gasteiger partial charge in [-0.25, -0.2) is 0 Å². The van der Waals surface area contributed by atoms with Gasteiger partial charge in [-0.05, 0) is 69.2 Å². The number of aryl methyl sites for hydroxylation is 2. The predicted molar refractivity (Wildman–Crippen MR) is 113 cm³/mol. The Morgan fingerprint density at radius 1 is 1.00 bits per heavy atom. The lowest BCUT2D eigenvalue weighted by Gasteiger charge is -2.36. The van der Waals surface area contributed by atoms with Crippen LogP contribution in [0.25, 0.3) is 0 Å². The van der Waals surface area contributed by atoms with Crippen molar-refractivity contribution in [1.82, 2.24) is 15.1 Å². The summed E-state index contributed by atoms with van der Waals surface area (Å²) in [7, 11) is 0. The van der Waals surface area contributed by atoms with Crippen molar-refractivity contribution in [2.45, 2.75) is 44.9 Å². The molecule has 2 aromatic rings. The lowest BCUT2D eigenvalue weighted by Crippen LogP contribution is -2.46. The standard InChI is InChI=1S/C21H28Cl2N4/c22-17-7-5-10-20(21(17)23)27-14-12-26(13-15-27)11-4-3-9-19-16-6-1-2-8-18(16)24-25-19/h5,7,10H,1-4,6,8-9,11-15H2,(H,24,25). The molecule has 2 aliphatic rings. The van der Waals surface area contributed by atoms with Crippen molar-refractivity contribution in [2.75, 3.05) is 37.6 Å². The minimum Gasteiger partial charge on any atom is -0.368 e. The number of H-pyrrole nitrogens is 1. The van der Waals surface area contributed by atoms with Gasteiger partial charge in [0.25, 0.3) is 0 Å². The van der Waals surface area contributed by atoms with Crippen LogP contribution < -0.4 is 4.90 Å². The zero-order valence-electron chi connectivity index (χ0n) is 15.8. The summed E-state index contributed by atoms with van der Waals surface area (Å²) in [5, 5.41) is 9.14. The smallest absolute Gasteiger partial charge is 0.0825 e. The van der Waals surface area contributed by atoms with E-state index >= 15 is 0 Å². The second-order valence-electron chi connectivity index (χ2n) is 7.69. The summed E-state index contributed by atoms with van der Waals surface area (Å²) in [6.07, 6.45) is 8.60. The number of halogens is 2. The molecule has 0 bridgehead atoms. The average molecular weight is 407 g/mol. The molecule has 1 aromatic heterocycles. The Balaban J connectivity index is 1.20. The molecule has 1 saturated heterocycles. The molecule has 4 rings (SSSR count). The normalized spacial score (nSPS) is 17.9. The Morgan fingerprint density at radius 3 is 2.67 bits per heavy atom. The predicted octanol–water partition coefficient (Wildman–Crippen LogP) is 4.74. The van der Waals surface area contributed by atoms with E-state index in [1.54, 1.807) is 0 Å². The van der Waals surface area contributed by atoms with Gasteiger partial charge in [0.15, 0.2) is 0 Å². The number of nitrogens with one attached hydrogen (secondary N) is 1. The summed E-state index contributed by atoms with van der Waals surface area (Å²) in [5.41, 5.74) is 5.30. The van der Waals surface area contributed by atoms with Gasteiger partial charge < -0.3 is 4.90 Å². The number of aromatic nitrogens is 2. The number of fused-ring (bicyclic) bond motifs is 1. The maximum Gasteiger partial charge on any atom is 0.0825 e. The number of anilines is 1. The third-order valence-electron chi connectivity index (χ3n) is 5.92. The van der Waals surface area contributed by atoms with E-state index in [0.29, 0.717) is 10.0 Å². The van der Waals surface area contributed by atoms with Crippen LogP contribution in [0.1, 0.15) is 42.6 Å². The number of benzene rings is 1. The van der Waals surface area contributed by atoms with E-state index in [9.17, 15) is 0 Å². The van der Waals surface area contributed by atoms with Gasteiger partial charge >= 0.3 is 0 Å². The molecule has 0 radical (unpaired) electrons. The van der Waals surface area contributed by atoms with Crippen molar-refractivity contribution >= 4 is 28.9 Å². The van der Waals surface area contributed by atoms with Crippen LogP contribution in [0, 0.1) is 0 Å². The van der Waals surface area contributed by atoms with Crippen molar-refractivity contribution in [2.24, 2.45) is 0 Å². The molecule has 1 fully saturated rings. The van der Waals surface area contributed by atoms with Crippen molar-refractivity contribution in [3.05, 3.63) is 45.2 Å². The Morgan fingerprint density at radius 2 is 1.81 bits per heavy atom.